The standard InChI is InChI=1S/C25H46N8O8/c1-13(2)10-15(26)21(37)30-12-19(34)31-18(11-14(3)4)23(39)32-16(7-8-20(35)36)22(38)33-17(24(40)41)6-5-9-29-25(27)28/h13-18H,5-12,26H2,1-4H3,(H,30,37)(H,31,34)(H,32,39)(H,33,38)(H,35,36)(H,40,41)(H4,27,28,29)/t15-,16-,17-,18-/m0/s1. The molecule has 0 radical (unpaired) electrons. The molecule has 0 fully saturated rings. The Bertz CT molecular complexity index is 937. The number of nitrogens with one attached hydrogen (secondary N) is 4. The Kier molecular flexibility index (Phi) is 17.3. The van der Waals surface area contributed by atoms with Crippen LogP contribution < -0.4 is 38.5 Å². The molecule has 0 aromatic rings. The average Bonchev–Trinajstić information content (AvgIpc) is 2.84. The molecule has 0 aliphatic rings. The summed E-state index contributed by atoms with van der Waals surface area (Å²) in [6.45, 7) is 7.09. The molecule has 0 rings (SSSR count). The van der Waals surface area contributed by atoms with Gasteiger partial charge in [0, 0.05) is 13.0 Å². The van der Waals surface area contributed by atoms with Crippen LogP contribution in [0.3, 0.4) is 0 Å². The van der Waals surface area contributed by atoms with Crippen LogP contribution in [0.25, 0.3) is 0 Å². The third kappa shape index (κ3) is 17.4. The number of amides is 4. The summed E-state index contributed by atoms with van der Waals surface area (Å²) >= 11 is 0. The summed E-state index contributed by atoms with van der Waals surface area (Å²) < 4.78 is 0. The van der Waals surface area contributed by atoms with Crippen LogP contribution in [0.5, 0.6) is 0 Å². The van der Waals surface area contributed by atoms with Gasteiger partial charge < -0.3 is 48.7 Å². The van der Waals surface area contributed by atoms with Crippen molar-refractivity contribution in [2.24, 2.45) is 34.0 Å². The van der Waals surface area contributed by atoms with E-state index in [0.29, 0.717) is 6.42 Å². The molecule has 4 amide bonds. The van der Waals surface area contributed by atoms with Gasteiger partial charge >= 0.3 is 11.9 Å². The molecule has 0 aromatic carbocycles. The lowest BCUT2D eigenvalue weighted by molar-refractivity contribution is -0.143. The molecule has 0 aromatic heterocycles. The van der Waals surface area contributed by atoms with E-state index in [4.69, 9.17) is 22.3 Å². The molecule has 0 saturated heterocycles. The first-order valence-corrected chi connectivity index (χ1v) is 13.5. The molecule has 0 aliphatic heterocycles. The van der Waals surface area contributed by atoms with E-state index in [1.54, 1.807) is 13.8 Å². The van der Waals surface area contributed by atoms with Crippen molar-refractivity contribution in [2.75, 3.05) is 13.1 Å². The van der Waals surface area contributed by atoms with E-state index in [-0.39, 0.29) is 50.0 Å². The molecule has 16 heteroatoms. The number of aliphatic imine (C=N–C) groups is 1. The topological polar surface area (TPSA) is 281 Å². The van der Waals surface area contributed by atoms with Crippen molar-refractivity contribution in [3.8, 4) is 0 Å². The Morgan fingerprint density at radius 1 is 0.756 bits per heavy atom. The third-order valence-corrected chi connectivity index (χ3v) is 5.68. The molecule has 234 valence electrons. The van der Waals surface area contributed by atoms with Gasteiger partial charge in [-0.15, -0.1) is 0 Å². The van der Waals surface area contributed by atoms with E-state index in [9.17, 15) is 33.9 Å². The van der Waals surface area contributed by atoms with Gasteiger partial charge in [-0.1, -0.05) is 27.7 Å². The van der Waals surface area contributed by atoms with Crippen molar-refractivity contribution >= 4 is 41.5 Å². The van der Waals surface area contributed by atoms with Crippen LogP contribution in [-0.2, 0) is 28.8 Å². The fourth-order valence-corrected chi connectivity index (χ4v) is 3.70. The van der Waals surface area contributed by atoms with Crippen molar-refractivity contribution in [1.82, 2.24) is 21.3 Å². The van der Waals surface area contributed by atoms with Gasteiger partial charge in [0.25, 0.3) is 0 Å². The minimum absolute atomic E-state index is 0.0317. The lowest BCUT2D eigenvalue weighted by Gasteiger charge is -2.25. The van der Waals surface area contributed by atoms with Crippen LogP contribution >= 0.6 is 0 Å². The van der Waals surface area contributed by atoms with Gasteiger partial charge in [-0.05, 0) is 43.9 Å². The van der Waals surface area contributed by atoms with Gasteiger partial charge in [0.1, 0.15) is 18.1 Å². The van der Waals surface area contributed by atoms with E-state index < -0.39 is 72.7 Å². The van der Waals surface area contributed by atoms with E-state index in [0.717, 1.165) is 0 Å². The van der Waals surface area contributed by atoms with Crippen LogP contribution in [-0.4, -0.2) is 89.0 Å². The number of nitrogens with two attached hydrogens (primary N) is 3. The van der Waals surface area contributed by atoms with E-state index >= 15 is 0 Å². The normalized spacial score (nSPS) is 13.8. The third-order valence-electron chi connectivity index (χ3n) is 5.68. The summed E-state index contributed by atoms with van der Waals surface area (Å²) in [5.41, 5.74) is 16.3. The van der Waals surface area contributed by atoms with E-state index in [2.05, 4.69) is 26.3 Å². The predicted molar refractivity (Wildman–Crippen MR) is 150 cm³/mol. The second-order valence-electron chi connectivity index (χ2n) is 10.5. The van der Waals surface area contributed by atoms with Crippen molar-refractivity contribution in [3.05, 3.63) is 0 Å². The van der Waals surface area contributed by atoms with Crippen LogP contribution in [0.1, 0.15) is 66.2 Å². The Balaban J connectivity index is 5.48. The number of carboxylic acid groups (broad SMARTS) is 2. The predicted octanol–water partition coefficient (Wildman–Crippen LogP) is -2.02. The first-order valence-electron chi connectivity index (χ1n) is 13.5. The van der Waals surface area contributed by atoms with Crippen molar-refractivity contribution in [3.63, 3.8) is 0 Å². The van der Waals surface area contributed by atoms with Crippen LogP contribution in [0, 0.1) is 11.8 Å². The monoisotopic (exact) mass is 586 g/mol. The van der Waals surface area contributed by atoms with Crippen LogP contribution in [0.4, 0.5) is 0 Å². The van der Waals surface area contributed by atoms with Crippen LogP contribution in [0.15, 0.2) is 4.99 Å². The van der Waals surface area contributed by atoms with Gasteiger partial charge in [0.15, 0.2) is 5.96 Å². The number of rotatable bonds is 20. The highest BCUT2D eigenvalue weighted by Crippen LogP contribution is 2.08. The van der Waals surface area contributed by atoms with Gasteiger partial charge in [-0.2, -0.15) is 0 Å². The molecular weight excluding hydrogens is 540 g/mol. The maximum absolute atomic E-state index is 13.1. The lowest BCUT2D eigenvalue weighted by Crippen LogP contribution is -2.57. The van der Waals surface area contributed by atoms with Gasteiger partial charge in [-0.3, -0.25) is 29.0 Å². The largest absolute Gasteiger partial charge is 0.481 e. The Morgan fingerprint density at radius 2 is 1.32 bits per heavy atom. The number of hydrogen-bond acceptors (Lipinski definition) is 8. The maximum Gasteiger partial charge on any atom is 0.326 e. The molecule has 0 aliphatic carbocycles. The number of hydrogen-bond donors (Lipinski definition) is 9. The van der Waals surface area contributed by atoms with Crippen LogP contribution in [0.2, 0.25) is 0 Å². The minimum atomic E-state index is -1.40. The summed E-state index contributed by atoms with van der Waals surface area (Å²) in [6.07, 6.45) is -0.0542. The van der Waals surface area contributed by atoms with Crippen molar-refractivity contribution < 1.29 is 39.0 Å². The first kappa shape index (κ1) is 37.0. The Morgan fingerprint density at radius 3 is 1.83 bits per heavy atom. The quantitative estimate of drug-likeness (QED) is 0.0426. The fourth-order valence-electron chi connectivity index (χ4n) is 3.70. The summed E-state index contributed by atoms with van der Waals surface area (Å²) in [7, 11) is 0. The zero-order valence-electron chi connectivity index (χ0n) is 24.1. The maximum atomic E-state index is 13.1. The van der Waals surface area contributed by atoms with Gasteiger partial charge in [0.05, 0.1) is 12.6 Å². The lowest BCUT2D eigenvalue weighted by atomic mass is 10.0. The average molecular weight is 587 g/mol. The van der Waals surface area contributed by atoms with Gasteiger partial charge in [-0.25, -0.2) is 4.79 Å². The molecule has 0 spiro atoms. The second-order valence-corrected chi connectivity index (χ2v) is 10.5. The number of nitrogens with zero attached hydrogens (tertiary/aromatic N) is 1. The second kappa shape index (κ2) is 19.2. The Labute approximate surface area is 239 Å². The zero-order valence-corrected chi connectivity index (χ0v) is 24.1. The number of carbonyl (C=O) groups excluding carboxylic acids is 4. The highest BCUT2D eigenvalue weighted by molar-refractivity contribution is 5.94. The number of carbonyl (C=O) groups is 6. The molecular formula is C25H46N8O8. The number of carboxylic acids is 2. The summed E-state index contributed by atoms with van der Waals surface area (Å²) in [5.74, 6) is -5.52. The van der Waals surface area contributed by atoms with Crippen molar-refractivity contribution in [2.45, 2.75) is 90.4 Å². The molecule has 12 N–H and O–H groups in total. The summed E-state index contributed by atoms with van der Waals surface area (Å²) in [4.78, 5) is 77.3. The van der Waals surface area contributed by atoms with E-state index in [1.807, 2.05) is 13.8 Å². The molecule has 0 heterocycles. The SMILES string of the molecule is CC(C)C[C@H](NC(=O)CNC(=O)[C@@H](N)CC(C)C)C(=O)N[C@@H](CCC(=O)O)C(=O)N[C@@H](CCCN=C(N)N)C(=O)O. The summed E-state index contributed by atoms with van der Waals surface area (Å²) in [6, 6.07) is -4.68. The number of guanidine groups is 1. The highest BCUT2D eigenvalue weighted by atomic mass is 16.4. The molecule has 0 bridgehead atoms. The molecule has 4 atom stereocenters. The summed E-state index contributed by atoms with van der Waals surface area (Å²) in [5, 5.41) is 28.3. The number of aliphatic carboxylic acids is 2. The molecule has 0 unspecified atom stereocenters. The molecule has 41 heavy (non-hydrogen) atoms. The minimum Gasteiger partial charge on any atom is -0.481 e. The van der Waals surface area contributed by atoms with Gasteiger partial charge in [0.2, 0.25) is 23.6 Å². The van der Waals surface area contributed by atoms with Crippen molar-refractivity contribution in [1.29, 1.82) is 0 Å². The molecule has 16 nitrogen and oxygen atoms in total. The Hall–Kier alpha value is -3.95. The zero-order chi connectivity index (χ0) is 31.7. The fraction of sp³-hybridized carbons (Fsp3) is 0.720. The first-order chi connectivity index (χ1) is 19.0. The molecule has 0 saturated carbocycles. The smallest absolute Gasteiger partial charge is 0.326 e. The van der Waals surface area contributed by atoms with E-state index in [1.165, 1.54) is 0 Å². The highest BCUT2D eigenvalue weighted by Gasteiger charge is 2.30.